The zero-order valence-electron chi connectivity index (χ0n) is 9.42. The lowest BCUT2D eigenvalue weighted by molar-refractivity contribution is -0.384. The number of carbonyl (C=O) groups excluding carboxylic acids is 1. The molecule has 98 valence electrons. The third-order valence-corrected chi connectivity index (χ3v) is 3.06. The Morgan fingerprint density at radius 1 is 1.42 bits per heavy atom. The highest BCUT2D eigenvalue weighted by Gasteiger charge is 2.23. The highest BCUT2D eigenvalue weighted by atomic mass is 32.1. The minimum atomic E-state index is -0.907. The third kappa shape index (κ3) is 2.52. The minimum absolute atomic E-state index is 0.473. The van der Waals surface area contributed by atoms with Crippen molar-refractivity contribution < 1.29 is 14.1 Å². The van der Waals surface area contributed by atoms with Crippen LogP contribution in [0.25, 0.3) is 0 Å². The second-order valence-electron chi connectivity index (χ2n) is 3.58. The van der Waals surface area contributed by atoms with E-state index in [0.29, 0.717) is 5.69 Å². The smallest absolute Gasteiger partial charge is 0.293 e. The van der Waals surface area contributed by atoms with E-state index in [4.69, 9.17) is 5.73 Å². The molecule has 2 aromatic rings. The standard InChI is InChI=1S/C11H8FN3O3S/c12-7-1-2-8(15(17)18)10(13)9(7)11(16)14-6-3-4-19-5-6/h1-5H,13H2,(H,14,16). The van der Waals surface area contributed by atoms with E-state index in [2.05, 4.69) is 5.32 Å². The maximum absolute atomic E-state index is 13.6. The topological polar surface area (TPSA) is 98.3 Å². The van der Waals surface area contributed by atoms with Gasteiger partial charge >= 0.3 is 0 Å². The van der Waals surface area contributed by atoms with E-state index < -0.39 is 33.6 Å². The van der Waals surface area contributed by atoms with Crippen molar-refractivity contribution in [2.45, 2.75) is 0 Å². The molecule has 0 atom stereocenters. The van der Waals surface area contributed by atoms with Crippen molar-refractivity contribution in [2.75, 3.05) is 11.1 Å². The van der Waals surface area contributed by atoms with Crippen LogP contribution in [0.15, 0.2) is 29.0 Å². The molecule has 6 nitrogen and oxygen atoms in total. The average Bonchev–Trinajstić information content (AvgIpc) is 2.81. The molecule has 1 heterocycles. The van der Waals surface area contributed by atoms with Crippen LogP contribution < -0.4 is 11.1 Å². The van der Waals surface area contributed by atoms with E-state index in [-0.39, 0.29) is 0 Å². The van der Waals surface area contributed by atoms with Gasteiger partial charge < -0.3 is 11.1 Å². The summed E-state index contributed by atoms with van der Waals surface area (Å²) in [6, 6.07) is 3.39. The number of anilines is 2. The number of nitrogens with zero attached hydrogens (tertiary/aromatic N) is 1. The van der Waals surface area contributed by atoms with Gasteiger partial charge in [0.05, 0.1) is 10.6 Å². The molecule has 0 aliphatic carbocycles. The van der Waals surface area contributed by atoms with Gasteiger partial charge in [-0.3, -0.25) is 14.9 Å². The molecule has 1 amide bonds. The number of rotatable bonds is 3. The fourth-order valence-electron chi connectivity index (χ4n) is 1.50. The number of carbonyl (C=O) groups is 1. The Kier molecular flexibility index (Phi) is 3.43. The summed E-state index contributed by atoms with van der Waals surface area (Å²) in [4.78, 5) is 21.8. The van der Waals surface area contributed by atoms with E-state index in [1.54, 1.807) is 16.8 Å². The van der Waals surface area contributed by atoms with E-state index in [0.717, 1.165) is 12.1 Å². The predicted molar refractivity (Wildman–Crippen MR) is 69.7 cm³/mol. The van der Waals surface area contributed by atoms with Gasteiger partial charge in [-0.05, 0) is 17.5 Å². The number of amides is 1. The second kappa shape index (κ2) is 5.02. The molecule has 8 heteroatoms. The highest BCUT2D eigenvalue weighted by molar-refractivity contribution is 7.08. The first-order valence-corrected chi connectivity index (χ1v) is 6.01. The molecule has 0 aliphatic heterocycles. The van der Waals surface area contributed by atoms with Crippen molar-refractivity contribution in [3.63, 3.8) is 0 Å². The van der Waals surface area contributed by atoms with Gasteiger partial charge in [0, 0.05) is 11.4 Å². The number of benzene rings is 1. The molecule has 0 radical (unpaired) electrons. The molecule has 0 spiro atoms. The van der Waals surface area contributed by atoms with E-state index in [1.807, 2.05) is 0 Å². The van der Waals surface area contributed by atoms with E-state index >= 15 is 0 Å². The monoisotopic (exact) mass is 281 g/mol. The van der Waals surface area contributed by atoms with Crippen molar-refractivity contribution in [3.8, 4) is 0 Å². The summed E-state index contributed by atoms with van der Waals surface area (Å²) >= 11 is 1.35. The van der Waals surface area contributed by atoms with Gasteiger partial charge in [-0.2, -0.15) is 11.3 Å². The van der Waals surface area contributed by atoms with E-state index in [1.165, 1.54) is 11.3 Å². The van der Waals surface area contributed by atoms with Crippen molar-refractivity contribution in [1.82, 2.24) is 0 Å². The number of nitro benzene ring substituents is 1. The van der Waals surface area contributed by atoms with Gasteiger partial charge in [-0.25, -0.2) is 4.39 Å². The van der Waals surface area contributed by atoms with Crippen molar-refractivity contribution >= 4 is 34.3 Å². The number of nitrogens with one attached hydrogen (secondary N) is 1. The summed E-state index contributed by atoms with van der Waals surface area (Å²) in [5.74, 6) is -1.73. The quantitative estimate of drug-likeness (QED) is 0.513. The SMILES string of the molecule is Nc1c([N+](=O)[O-])ccc(F)c1C(=O)Nc1ccsc1. The molecular weight excluding hydrogens is 273 g/mol. The molecule has 0 unspecified atom stereocenters. The average molecular weight is 281 g/mol. The van der Waals surface area contributed by atoms with Crippen LogP contribution >= 0.6 is 11.3 Å². The first kappa shape index (κ1) is 13.0. The number of nitrogens with two attached hydrogens (primary N) is 1. The lowest BCUT2D eigenvalue weighted by Gasteiger charge is -2.07. The van der Waals surface area contributed by atoms with Crippen LogP contribution in [0, 0.1) is 15.9 Å². The number of thiophene rings is 1. The molecule has 3 N–H and O–H groups in total. The van der Waals surface area contributed by atoms with Crippen LogP contribution in [-0.2, 0) is 0 Å². The number of nitrogen functional groups attached to an aromatic ring is 1. The summed E-state index contributed by atoms with van der Waals surface area (Å²) in [7, 11) is 0. The molecule has 2 rings (SSSR count). The zero-order valence-corrected chi connectivity index (χ0v) is 10.2. The Labute approximate surface area is 110 Å². The fraction of sp³-hybridized carbons (Fsp3) is 0. The largest absolute Gasteiger partial charge is 0.392 e. The maximum Gasteiger partial charge on any atom is 0.293 e. The normalized spacial score (nSPS) is 10.2. The molecule has 0 fully saturated rings. The Bertz CT molecular complexity index is 643. The fourth-order valence-corrected chi connectivity index (χ4v) is 2.09. The van der Waals surface area contributed by atoms with Crippen LogP contribution in [0.1, 0.15) is 10.4 Å². The van der Waals surface area contributed by atoms with Gasteiger partial charge in [0.2, 0.25) is 0 Å². The van der Waals surface area contributed by atoms with Gasteiger partial charge in [-0.15, -0.1) is 0 Å². The van der Waals surface area contributed by atoms with Crippen molar-refractivity contribution in [2.24, 2.45) is 0 Å². The van der Waals surface area contributed by atoms with Crippen LogP contribution in [-0.4, -0.2) is 10.8 Å². The lowest BCUT2D eigenvalue weighted by Crippen LogP contribution is -2.16. The summed E-state index contributed by atoms with van der Waals surface area (Å²) in [6.07, 6.45) is 0. The molecule has 1 aromatic carbocycles. The lowest BCUT2D eigenvalue weighted by atomic mass is 10.1. The van der Waals surface area contributed by atoms with Crippen molar-refractivity contribution in [1.29, 1.82) is 0 Å². The van der Waals surface area contributed by atoms with Crippen LogP contribution in [0.4, 0.5) is 21.5 Å². The third-order valence-electron chi connectivity index (χ3n) is 2.37. The van der Waals surface area contributed by atoms with Gasteiger partial charge in [0.25, 0.3) is 11.6 Å². The second-order valence-corrected chi connectivity index (χ2v) is 4.36. The summed E-state index contributed by atoms with van der Waals surface area (Å²) in [5, 5.41) is 16.5. The number of hydrogen-bond donors (Lipinski definition) is 2. The summed E-state index contributed by atoms with van der Waals surface area (Å²) < 4.78 is 13.6. The predicted octanol–water partition coefficient (Wildman–Crippen LogP) is 2.63. The molecule has 0 saturated carbocycles. The Hall–Kier alpha value is -2.48. The number of hydrogen-bond acceptors (Lipinski definition) is 5. The van der Waals surface area contributed by atoms with Gasteiger partial charge in [0.1, 0.15) is 17.1 Å². The Morgan fingerprint density at radius 3 is 2.74 bits per heavy atom. The molecule has 0 aliphatic rings. The first-order chi connectivity index (χ1) is 9.00. The van der Waals surface area contributed by atoms with E-state index in [9.17, 15) is 19.3 Å². The maximum atomic E-state index is 13.6. The molecule has 19 heavy (non-hydrogen) atoms. The van der Waals surface area contributed by atoms with Crippen LogP contribution in [0.3, 0.4) is 0 Å². The zero-order chi connectivity index (χ0) is 14.0. The first-order valence-electron chi connectivity index (χ1n) is 5.06. The Balaban J connectivity index is 2.41. The molecular formula is C11H8FN3O3S. The molecule has 1 aromatic heterocycles. The van der Waals surface area contributed by atoms with Gasteiger partial charge in [0.15, 0.2) is 0 Å². The van der Waals surface area contributed by atoms with Crippen LogP contribution in [0.2, 0.25) is 0 Å². The van der Waals surface area contributed by atoms with Crippen LogP contribution in [0.5, 0.6) is 0 Å². The minimum Gasteiger partial charge on any atom is -0.392 e. The molecule has 0 bridgehead atoms. The van der Waals surface area contributed by atoms with Gasteiger partial charge in [-0.1, -0.05) is 0 Å². The number of nitro groups is 1. The summed E-state index contributed by atoms with van der Waals surface area (Å²) in [6.45, 7) is 0. The highest BCUT2D eigenvalue weighted by Crippen LogP contribution is 2.28. The summed E-state index contributed by atoms with van der Waals surface area (Å²) in [5.41, 5.74) is 4.43. The Morgan fingerprint density at radius 2 is 2.16 bits per heavy atom. The van der Waals surface area contributed by atoms with Crippen molar-refractivity contribution in [3.05, 3.63) is 50.5 Å². The number of halogens is 1. The molecule has 0 saturated heterocycles.